The summed E-state index contributed by atoms with van der Waals surface area (Å²) in [7, 11) is 0. The minimum atomic E-state index is -0.327. The number of nitrogens with one attached hydrogen (secondary N) is 2. The molecule has 0 unspecified atom stereocenters. The second-order valence-corrected chi connectivity index (χ2v) is 8.08. The molecule has 1 aromatic rings. The molecule has 1 heterocycles. The summed E-state index contributed by atoms with van der Waals surface area (Å²) in [5.74, 6) is 0.378. The van der Waals surface area contributed by atoms with Crippen LogP contribution in [0.15, 0.2) is 30.3 Å². The van der Waals surface area contributed by atoms with Gasteiger partial charge >= 0.3 is 0 Å². The average Bonchev–Trinajstić information content (AvgIpc) is 2.42. The van der Waals surface area contributed by atoms with Crippen molar-refractivity contribution in [3.8, 4) is 0 Å². The molecule has 1 saturated heterocycles. The van der Waals surface area contributed by atoms with Crippen LogP contribution in [0.1, 0.15) is 58.6 Å². The molecule has 0 aliphatic carbocycles. The molecule has 0 bridgehead atoms. The number of rotatable bonds is 5. The fourth-order valence-corrected chi connectivity index (χ4v) is 4.11. The van der Waals surface area contributed by atoms with Gasteiger partial charge in [-0.1, -0.05) is 30.3 Å². The first-order valence-corrected chi connectivity index (χ1v) is 8.45. The number of carbonyl (C=O) groups is 1. The van der Waals surface area contributed by atoms with E-state index in [1.165, 1.54) is 0 Å². The van der Waals surface area contributed by atoms with Gasteiger partial charge in [0.05, 0.1) is 12.6 Å². The Morgan fingerprint density at radius 2 is 1.78 bits per heavy atom. The largest absolute Gasteiger partial charge is 0.394 e. The van der Waals surface area contributed by atoms with Crippen molar-refractivity contribution in [1.29, 1.82) is 0 Å². The van der Waals surface area contributed by atoms with Crippen LogP contribution in [0.25, 0.3) is 0 Å². The minimum absolute atomic E-state index is 0.0198. The Bertz CT molecular complexity index is 509. The highest BCUT2D eigenvalue weighted by molar-refractivity contribution is 5.76. The normalized spacial score (nSPS) is 21.6. The van der Waals surface area contributed by atoms with E-state index in [0.29, 0.717) is 12.3 Å². The maximum atomic E-state index is 12.4. The molecule has 4 heteroatoms. The van der Waals surface area contributed by atoms with Crippen LogP contribution < -0.4 is 10.6 Å². The highest BCUT2D eigenvalue weighted by Gasteiger charge is 2.38. The van der Waals surface area contributed by atoms with Crippen LogP contribution in [0, 0.1) is 5.92 Å². The van der Waals surface area contributed by atoms with Crippen molar-refractivity contribution in [2.24, 2.45) is 5.92 Å². The van der Waals surface area contributed by atoms with E-state index in [1.807, 2.05) is 30.3 Å². The molecule has 0 saturated carbocycles. The van der Waals surface area contributed by atoms with E-state index in [4.69, 9.17) is 0 Å². The summed E-state index contributed by atoms with van der Waals surface area (Å²) in [5, 5.41) is 16.2. The zero-order valence-electron chi connectivity index (χ0n) is 14.7. The standard InChI is InChI=1S/C19H30N2O2/c1-18(2)11-14(12-19(3,4)21-18)10-17(23)20-16(13-22)15-8-6-5-7-9-15/h5-9,14,16,21-22H,10-13H2,1-4H3,(H,20,23)/t16-/m0/s1. The third-order valence-electron chi connectivity index (χ3n) is 4.47. The third-order valence-corrected chi connectivity index (χ3v) is 4.47. The van der Waals surface area contributed by atoms with Gasteiger partial charge in [-0.05, 0) is 52.0 Å². The fraction of sp³-hybridized carbons (Fsp3) is 0.632. The van der Waals surface area contributed by atoms with Crippen molar-refractivity contribution in [2.75, 3.05) is 6.61 Å². The van der Waals surface area contributed by atoms with Crippen molar-refractivity contribution in [1.82, 2.24) is 10.6 Å². The van der Waals surface area contributed by atoms with Crippen molar-refractivity contribution in [3.05, 3.63) is 35.9 Å². The summed E-state index contributed by atoms with van der Waals surface area (Å²) in [6.45, 7) is 8.69. The number of aliphatic hydroxyl groups is 1. The molecule has 1 aliphatic rings. The number of amides is 1. The maximum absolute atomic E-state index is 12.4. The number of hydrogen-bond donors (Lipinski definition) is 3. The topological polar surface area (TPSA) is 61.4 Å². The zero-order valence-corrected chi connectivity index (χ0v) is 14.7. The van der Waals surface area contributed by atoms with E-state index in [0.717, 1.165) is 18.4 Å². The van der Waals surface area contributed by atoms with Gasteiger partial charge in [-0.15, -0.1) is 0 Å². The molecule has 1 aromatic carbocycles. The molecule has 1 amide bonds. The van der Waals surface area contributed by atoms with Gasteiger partial charge in [0.15, 0.2) is 0 Å². The van der Waals surface area contributed by atoms with Crippen molar-refractivity contribution in [2.45, 2.75) is 64.1 Å². The van der Waals surface area contributed by atoms with Crippen LogP contribution in [0.2, 0.25) is 0 Å². The van der Waals surface area contributed by atoms with E-state index in [1.54, 1.807) is 0 Å². The lowest BCUT2D eigenvalue weighted by molar-refractivity contribution is -0.123. The number of carbonyl (C=O) groups excluding carboxylic acids is 1. The van der Waals surface area contributed by atoms with E-state index in [-0.39, 0.29) is 29.6 Å². The summed E-state index contributed by atoms with van der Waals surface area (Å²) >= 11 is 0. The summed E-state index contributed by atoms with van der Waals surface area (Å²) in [6, 6.07) is 9.30. The molecular formula is C19H30N2O2. The molecule has 1 aliphatic heterocycles. The van der Waals surface area contributed by atoms with Gasteiger partial charge in [0.25, 0.3) is 0 Å². The van der Waals surface area contributed by atoms with Crippen LogP contribution in [0.4, 0.5) is 0 Å². The molecule has 4 nitrogen and oxygen atoms in total. The predicted molar refractivity (Wildman–Crippen MR) is 93.0 cm³/mol. The maximum Gasteiger partial charge on any atom is 0.220 e. The summed E-state index contributed by atoms with van der Waals surface area (Å²) in [4.78, 5) is 12.4. The first-order valence-electron chi connectivity index (χ1n) is 8.45. The molecular weight excluding hydrogens is 288 g/mol. The molecule has 3 N–H and O–H groups in total. The molecule has 23 heavy (non-hydrogen) atoms. The summed E-state index contributed by atoms with van der Waals surface area (Å²) in [5.41, 5.74) is 1.03. The van der Waals surface area contributed by atoms with Crippen LogP contribution in [-0.2, 0) is 4.79 Å². The van der Waals surface area contributed by atoms with Gasteiger partial charge in [-0.25, -0.2) is 0 Å². The van der Waals surface area contributed by atoms with E-state index < -0.39 is 0 Å². The monoisotopic (exact) mass is 318 g/mol. The van der Waals surface area contributed by atoms with Gasteiger partial charge in [0.1, 0.15) is 0 Å². The quantitative estimate of drug-likeness (QED) is 0.782. The summed E-state index contributed by atoms with van der Waals surface area (Å²) < 4.78 is 0. The van der Waals surface area contributed by atoms with Gasteiger partial charge in [-0.3, -0.25) is 4.79 Å². The van der Waals surface area contributed by atoms with Crippen molar-refractivity contribution >= 4 is 5.91 Å². The van der Waals surface area contributed by atoms with Crippen LogP contribution in [0.3, 0.4) is 0 Å². The first kappa shape index (κ1) is 18.0. The van der Waals surface area contributed by atoms with Crippen molar-refractivity contribution in [3.63, 3.8) is 0 Å². The van der Waals surface area contributed by atoms with Crippen molar-refractivity contribution < 1.29 is 9.90 Å². The lowest BCUT2D eigenvalue weighted by atomic mass is 9.74. The van der Waals surface area contributed by atoms with Crippen LogP contribution in [-0.4, -0.2) is 28.7 Å². The molecule has 0 radical (unpaired) electrons. The SMILES string of the molecule is CC1(C)CC(CC(=O)N[C@@H](CO)c2ccccc2)CC(C)(C)N1. The molecule has 0 aromatic heterocycles. The smallest absolute Gasteiger partial charge is 0.220 e. The van der Waals surface area contributed by atoms with Gasteiger partial charge in [0.2, 0.25) is 5.91 Å². The Kier molecular flexibility index (Phi) is 5.48. The van der Waals surface area contributed by atoms with Gasteiger partial charge in [0, 0.05) is 17.5 Å². The number of aliphatic hydroxyl groups excluding tert-OH is 1. The highest BCUT2D eigenvalue weighted by Crippen LogP contribution is 2.34. The lowest BCUT2D eigenvalue weighted by Gasteiger charge is -2.46. The van der Waals surface area contributed by atoms with E-state index in [2.05, 4.69) is 38.3 Å². The first-order chi connectivity index (χ1) is 10.7. The second kappa shape index (κ2) is 7.02. The Hall–Kier alpha value is -1.39. The summed E-state index contributed by atoms with van der Waals surface area (Å²) in [6.07, 6.45) is 2.48. The number of benzene rings is 1. The minimum Gasteiger partial charge on any atom is -0.394 e. The Labute approximate surface area is 139 Å². The molecule has 0 spiro atoms. The molecule has 1 fully saturated rings. The van der Waals surface area contributed by atoms with Gasteiger partial charge < -0.3 is 15.7 Å². The van der Waals surface area contributed by atoms with E-state index >= 15 is 0 Å². The highest BCUT2D eigenvalue weighted by atomic mass is 16.3. The van der Waals surface area contributed by atoms with Crippen LogP contribution >= 0.6 is 0 Å². The van der Waals surface area contributed by atoms with E-state index in [9.17, 15) is 9.90 Å². The second-order valence-electron chi connectivity index (χ2n) is 8.08. The fourth-order valence-electron chi connectivity index (χ4n) is 4.11. The Morgan fingerprint density at radius 3 is 2.30 bits per heavy atom. The lowest BCUT2D eigenvalue weighted by Crippen LogP contribution is -2.58. The Balaban J connectivity index is 1.96. The molecule has 1 atom stereocenters. The molecule has 128 valence electrons. The Morgan fingerprint density at radius 1 is 1.22 bits per heavy atom. The predicted octanol–water partition coefficient (Wildman–Crippen LogP) is 2.78. The molecule has 2 rings (SSSR count). The zero-order chi connectivity index (χ0) is 17.1. The third kappa shape index (κ3) is 5.33. The number of piperidine rings is 1. The van der Waals surface area contributed by atoms with Crippen LogP contribution in [0.5, 0.6) is 0 Å². The number of hydrogen-bond acceptors (Lipinski definition) is 3. The van der Waals surface area contributed by atoms with Gasteiger partial charge in [-0.2, -0.15) is 0 Å². The average molecular weight is 318 g/mol.